The molecule has 0 radical (unpaired) electrons. The Morgan fingerprint density at radius 3 is 2.77 bits per heavy atom. The lowest BCUT2D eigenvalue weighted by molar-refractivity contribution is -0.137. The van der Waals surface area contributed by atoms with Gasteiger partial charge in [-0.2, -0.15) is 0 Å². The van der Waals surface area contributed by atoms with Crippen LogP contribution < -0.4 is 11.1 Å². The van der Waals surface area contributed by atoms with Crippen LogP contribution in [0.2, 0.25) is 0 Å². The second-order valence-electron chi connectivity index (χ2n) is 4.00. The number of ether oxygens (including phenoxy) is 2. The Morgan fingerprint density at radius 2 is 2.31 bits per heavy atom. The molecule has 0 aromatic rings. The maximum Gasteiger partial charge on any atom is 0.163 e. The van der Waals surface area contributed by atoms with Gasteiger partial charge in [-0.05, 0) is 20.8 Å². The molecule has 1 heterocycles. The van der Waals surface area contributed by atoms with Crippen molar-refractivity contribution in [3.8, 4) is 0 Å². The van der Waals surface area contributed by atoms with E-state index in [9.17, 15) is 0 Å². The van der Waals surface area contributed by atoms with Crippen molar-refractivity contribution in [2.24, 2.45) is 5.73 Å². The van der Waals surface area contributed by atoms with Crippen molar-refractivity contribution < 1.29 is 9.47 Å². The number of rotatable bonds is 4. The molecule has 0 aromatic heterocycles. The van der Waals surface area contributed by atoms with E-state index >= 15 is 0 Å². The van der Waals surface area contributed by atoms with Crippen LogP contribution in [0.15, 0.2) is 0 Å². The number of hydrogen-bond acceptors (Lipinski definition) is 4. The fraction of sp³-hybridized carbons (Fsp3) is 1.00. The molecule has 4 nitrogen and oxygen atoms in total. The van der Waals surface area contributed by atoms with Crippen molar-refractivity contribution >= 4 is 0 Å². The first-order valence-electron chi connectivity index (χ1n) is 4.79. The zero-order chi connectivity index (χ0) is 9.90. The van der Waals surface area contributed by atoms with Gasteiger partial charge in [0.2, 0.25) is 0 Å². The average molecular weight is 188 g/mol. The van der Waals surface area contributed by atoms with E-state index < -0.39 is 5.79 Å². The molecular weight excluding hydrogens is 168 g/mol. The third-order valence-electron chi connectivity index (χ3n) is 2.11. The number of nitrogens with two attached hydrogens (primary N) is 1. The maximum atomic E-state index is 5.62. The summed E-state index contributed by atoms with van der Waals surface area (Å²) in [5.74, 6) is -0.418. The maximum absolute atomic E-state index is 5.62. The van der Waals surface area contributed by atoms with Crippen LogP contribution in [0.3, 0.4) is 0 Å². The van der Waals surface area contributed by atoms with Crippen LogP contribution in [0.1, 0.15) is 20.8 Å². The second-order valence-corrected chi connectivity index (χ2v) is 4.00. The highest BCUT2D eigenvalue weighted by Crippen LogP contribution is 2.21. The van der Waals surface area contributed by atoms with E-state index in [0.29, 0.717) is 19.2 Å². The first kappa shape index (κ1) is 10.9. The zero-order valence-corrected chi connectivity index (χ0v) is 8.67. The molecule has 1 saturated heterocycles. The quantitative estimate of drug-likeness (QED) is 0.656. The van der Waals surface area contributed by atoms with Gasteiger partial charge in [0, 0.05) is 19.1 Å². The molecule has 2 unspecified atom stereocenters. The molecule has 1 aliphatic heterocycles. The number of nitrogens with one attached hydrogen (secondary N) is 1. The molecule has 78 valence electrons. The lowest BCUT2D eigenvalue weighted by Crippen LogP contribution is -2.39. The normalized spacial score (nSPS) is 29.1. The fourth-order valence-electron chi connectivity index (χ4n) is 1.28. The van der Waals surface area contributed by atoms with Crippen LogP contribution in [0.5, 0.6) is 0 Å². The van der Waals surface area contributed by atoms with Crippen molar-refractivity contribution in [3.63, 3.8) is 0 Å². The van der Waals surface area contributed by atoms with E-state index in [1.54, 1.807) is 0 Å². The van der Waals surface area contributed by atoms with Crippen LogP contribution in [-0.2, 0) is 9.47 Å². The predicted molar refractivity (Wildman–Crippen MR) is 51.4 cm³/mol. The lowest BCUT2D eigenvalue weighted by atomic mass is 10.3. The minimum atomic E-state index is -0.418. The first-order chi connectivity index (χ1) is 6.03. The van der Waals surface area contributed by atoms with Gasteiger partial charge in [0.1, 0.15) is 0 Å². The van der Waals surface area contributed by atoms with Crippen molar-refractivity contribution in [1.29, 1.82) is 0 Å². The molecule has 0 saturated carbocycles. The molecule has 4 heteroatoms. The molecular formula is C9H20N2O2. The summed E-state index contributed by atoms with van der Waals surface area (Å²) in [5.41, 5.74) is 5.48. The Labute approximate surface area is 79.8 Å². The highest BCUT2D eigenvalue weighted by molar-refractivity contribution is 4.74. The standard InChI is InChI=1S/C9H20N2O2/c1-7(4-10)11-5-8-6-12-9(2,3)13-8/h7-8,11H,4-6,10H2,1-3H3. The van der Waals surface area contributed by atoms with Crippen molar-refractivity contribution in [2.45, 2.75) is 38.7 Å². The summed E-state index contributed by atoms with van der Waals surface area (Å²) in [4.78, 5) is 0. The third-order valence-corrected chi connectivity index (χ3v) is 2.11. The molecule has 0 aliphatic carbocycles. The molecule has 1 fully saturated rings. The van der Waals surface area contributed by atoms with E-state index in [1.165, 1.54) is 0 Å². The largest absolute Gasteiger partial charge is 0.348 e. The van der Waals surface area contributed by atoms with E-state index in [-0.39, 0.29) is 6.10 Å². The van der Waals surface area contributed by atoms with Crippen LogP contribution in [-0.4, -0.2) is 37.6 Å². The smallest absolute Gasteiger partial charge is 0.163 e. The van der Waals surface area contributed by atoms with Gasteiger partial charge in [-0.3, -0.25) is 0 Å². The number of hydrogen-bond donors (Lipinski definition) is 2. The zero-order valence-electron chi connectivity index (χ0n) is 8.67. The molecule has 0 bridgehead atoms. The minimum Gasteiger partial charge on any atom is -0.348 e. The highest BCUT2D eigenvalue weighted by atomic mass is 16.7. The monoisotopic (exact) mass is 188 g/mol. The van der Waals surface area contributed by atoms with Crippen LogP contribution >= 0.6 is 0 Å². The molecule has 0 amide bonds. The van der Waals surface area contributed by atoms with Gasteiger partial charge in [0.05, 0.1) is 12.7 Å². The van der Waals surface area contributed by atoms with Crippen molar-refractivity contribution in [3.05, 3.63) is 0 Å². The van der Waals surface area contributed by atoms with Gasteiger partial charge in [0.25, 0.3) is 0 Å². The summed E-state index contributed by atoms with van der Waals surface area (Å²) in [7, 11) is 0. The Hall–Kier alpha value is -0.160. The Balaban J connectivity index is 2.17. The van der Waals surface area contributed by atoms with Gasteiger partial charge in [0.15, 0.2) is 5.79 Å². The summed E-state index contributed by atoms with van der Waals surface area (Å²) in [6.45, 7) is 8.04. The summed E-state index contributed by atoms with van der Waals surface area (Å²) in [5, 5.41) is 3.28. The van der Waals surface area contributed by atoms with Gasteiger partial charge in [-0.1, -0.05) is 0 Å². The summed E-state index contributed by atoms with van der Waals surface area (Å²) in [6, 6.07) is 0.340. The van der Waals surface area contributed by atoms with Gasteiger partial charge < -0.3 is 20.5 Å². The Bertz CT molecular complexity index is 162. The molecule has 1 rings (SSSR count). The lowest BCUT2D eigenvalue weighted by Gasteiger charge is -2.18. The molecule has 0 aromatic carbocycles. The van der Waals surface area contributed by atoms with E-state index in [2.05, 4.69) is 12.2 Å². The molecule has 0 spiro atoms. The van der Waals surface area contributed by atoms with E-state index in [1.807, 2.05) is 13.8 Å². The topological polar surface area (TPSA) is 56.5 Å². The summed E-state index contributed by atoms with van der Waals surface area (Å²) < 4.78 is 11.0. The SMILES string of the molecule is CC(CN)NCC1COC(C)(C)O1. The Morgan fingerprint density at radius 1 is 1.62 bits per heavy atom. The van der Waals surface area contributed by atoms with E-state index in [4.69, 9.17) is 15.2 Å². The molecule has 2 atom stereocenters. The van der Waals surface area contributed by atoms with Gasteiger partial charge >= 0.3 is 0 Å². The van der Waals surface area contributed by atoms with Crippen LogP contribution in [0.25, 0.3) is 0 Å². The van der Waals surface area contributed by atoms with Crippen molar-refractivity contribution in [1.82, 2.24) is 5.32 Å². The second kappa shape index (κ2) is 4.37. The predicted octanol–water partition coefficient (Wildman–Crippen LogP) is 0.0747. The van der Waals surface area contributed by atoms with Gasteiger partial charge in [-0.15, -0.1) is 0 Å². The van der Waals surface area contributed by atoms with E-state index in [0.717, 1.165) is 6.54 Å². The third kappa shape index (κ3) is 3.60. The molecule has 13 heavy (non-hydrogen) atoms. The average Bonchev–Trinajstić information content (AvgIpc) is 2.41. The Kier molecular flexibility index (Phi) is 3.67. The van der Waals surface area contributed by atoms with Crippen molar-refractivity contribution in [2.75, 3.05) is 19.7 Å². The minimum absolute atomic E-state index is 0.156. The summed E-state index contributed by atoms with van der Waals surface area (Å²) in [6.07, 6.45) is 0.156. The first-order valence-corrected chi connectivity index (χ1v) is 4.79. The molecule has 3 N–H and O–H groups in total. The fourth-order valence-corrected chi connectivity index (χ4v) is 1.28. The molecule has 1 aliphatic rings. The summed E-state index contributed by atoms with van der Waals surface area (Å²) >= 11 is 0. The van der Waals surface area contributed by atoms with Crippen LogP contribution in [0.4, 0.5) is 0 Å². The van der Waals surface area contributed by atoms with Gasteiger partial charge in [-0.25, -0.2) is 0 Å². The highest BCUT2D eigenvalue weighted by Gasteiger charge is 2.32. The van der Waals surface area contributed by atoms with Crippen LogP contribution in [0, 0.1) is 0 Å².